The summed E-state index contributed by atoms with van der Waals surface area (Å²) in [5.41, 5.74) is -0.212. The summed E-state index contributed by atoms with van der Waals surface area (Å²) in [5, 5.41) is 0. The first-order valence-corrected chi connectivity index (χ1v) is 10.0. The fourth-order valence-electron chi connectivity index (χ4n) is 4.60. The number of carbonyl (C=O) groups is 1. The van der Waals surface area contributed by atoms with Gasteiger partial charge in [0.15, 0.2) is 11.6 Å². The molecule has 2 aliphatic rings. The molecule has 1 aromatic heterocycles. The molecule has 29 heavy (non-hydrogen) atoms. The van der Waals surface area contributed by atoms with Crippen LogP contribution in [0.15, 0.2) is 34.7 Å². The molecule has 1 aromatic carbocycles. The van der Waals surface area contributed by atoms with E-state index in [2.05, 4.69) is 4.90 Å². The number of carbonyl (C=O) groups excluding carboxylic acids is 1. The Balaban J connectivity index is 1.42. The largest absolute Gasteiger partial charge is 0.462 e. The van der Waals surface area contributed by atoms with Gasteiger partial charge in [0.1, 0.15) is 18.1 Å². The molecule has 1 atom stereocenters. The van der Waals surface area contributed by atoms with Crippen molar-refractivity contribution < 1.29 is 22.7 Å². The van der Waals surface area contributed by atoms with Gasteiger partial charge >= 0.3 is 0 Å². The highest BCUT2D eigenvalue weighted by Gasteiger charge is 2.48. The highest BCUT2D eigenvalue weighted by atomic mass is 19.2. The van der Waals surface area contributed by atoms with Crippen LogP contribution in [0.1, 0.15) is 36.3 Å². The van der Waals surface area contributed by atoms with Gasteiger partial charge < -0.3 is 14.1 Å². The van der Waals surface area contributed by atoms with E-state index in [4.69, 9.17) is 9.15 Å². The van der Waals surface area contributed by atoms with Crippen LogP contribution in [0.4, 0.5) is 8.78 Å². The van der Waals surface area contributed by atoms with Gasteiger partial charge in [-0.1, -0.05) is 12.1 Å². The molecule has 2 saturated heterocycles. The zero-order chi connectivity index (χ0) is 20.4. The topological polar surface area (TPSA) is 45.9 Å². The zero-order valence-corrected chi connectivity index (χ0v) is 16.6. The molecule has 0 bridgehead atoms. The number of halogens is 2. The van der Waals surface area contributed by atoms with E-state index < -0.39 is 17.0 Å². The molecule has 7 heteroatoms. The van der Waals surface area contributed by atoms with E-state index in [1.807, 2.05) is 12.1 Å². The third-order valence-corrected chi connectivity index (χ3v) is 6.03. The molecule has 0 radical (unpaired) electrons. The molecule has 0 unspecified atom stereocenters. The molecule has 2 aromatic rings. The minimum atomic E-state index is -0.875. The highest BCUT2D eigenvalue weighted by molar-refractivity contribution is 5.84. The Kier molecular flexibility index (Phi) is 5.69. The molecular formula is C22H26F2N2O3. The van der Waals surface area contributed by atoms with Crippen molar-refractivity contribution in [2.24, 2.45) is 5.41 Å². The van der Waals surface area contributed by atoms with Crippen LogP contribution in [0.3, 0.4) is 0 Å². The number of amides is 1. The van der Waals surface area contributed by atoms with Gasteiger partial charge in [0.25, 0.3) is 0 Å². The summed E-state index contributed by atoms with van der Waals surface area (Å²) in [5.74, 6) is -0.0448. The number of methoxy groups -OCH3 is 1. The number of furan rings is 1. The lowest BCUT2D eigenvalue weighted by Gasteiger charge is -2.39. The summed E-state index contributed by atoms with van der Waals surface area (Å²) < 4.78 is 38.5. The lowest BCUT2D eigenvalue weighted by atomic mass is 9.78. The van der Waals surface area contributed by atoms with Gasteiger partial charge in [-0.15, -0.1) is 0 Å². The molecule has 5 nitrogen and oxygen atoms in total. The fraction of sp³-hybridized carbons (Fsp3) is 0.500. The van der Waals surface area contributed by atoms with Crippen LogP contribution in [-0.4, -0.2) is 42.5 Å². The summed E-state index contributed by atoms with van der Waals surface area (Å²) in [6.07, 6.45) is 2.48. The molecule has 2 fully saturated rings. The molecule has 1 amide bonds. The maximum atomic E-state index is 14.1. The Bertz CT molecular complexity index is 885. The summed E-state index contributed by atoms with van der Waals surface area (Å²) in [4.78, 5) is 17.2. The standard InChI is InChI=1S/C22H26F2N2O3/c1-28-14-18-7-6-17(29-18)13-25-11-9-22(15-25)8-3-10-26(21(22)27)12-16-4-2-5-19(23)20(16)24/h2,4-7H,3,8-15H2,1H3/t22-/m1/s1. The Hall–Kier alpha value is -2.25. The van der Waals surface area contributed by atoms with Crippen molar-refractivity contribution in [3.63, 3.8) is 0 Å². The fourth-order valence-corrected chi connectivity index (χ4v) is 4.60. The second-order valence-electron chi connectivity index (χ2n) is 8.09. The van der Waals surface area contributed by atoms with Crippen molar-refractivity contribution in [3.8, 4) is 0 Å². The van der Waals surface area contributed by atoms with E-state index in [1.54, 1.807) is 18.1 Å². The maximum absolute atomic E-state index is 14.1. The van der Waals surface area contributed by atoms with E-state index in [0.29, 0.717) is 26.2 Å². The minimum absolute atomic E-state index is 0.0504. The lowest BCUT2D eigenvalue weighted by Crippen LogP contribution is -2.49. The zero-order valence-electron chi connectivity index (χ0n) is 16.6. The average molecular weight is 404 g/mol. The minimum Gasteiger partial charge on any atom is -0.462 e. The van der Waals surface area contributed by atoms with Gasteiger partial charge in [0, 0.05) is 32.3 Å². The van der Waals surface area contributed by atoms with Gasteiger partial charge in [-0.05, 0) is 44.0 Å². The molecule has 1 spiro atoms. The summed E-state index contributed by atoms with van der Waals surface area (Å²) in [6.45, 7) is 3.26. The van der Waals surface area contributed by atoms with Crippen LogP contribution in [0.2, 0.25) is 0 Å². The van der Waals surface area contributed by atoms with Gasteiger partial charge in [-0.3, -0.25) is 9.69 Å². The highest BCUT2D eigenvalue weighted by Crippen LogP contribution is 2.41. The Labute approximate surface area is 169 Å². The van der Waals surface area contributed by atoms with Crippen LogP contribution in [0.5, 0.6) is 0 Å². The van der Waals surface area contributed by atoms with Gasteiger partial charge in [0.05, 0.1) is 12.0 Å². The molecule has 156 valence electrons. The predicted molar refractivity (Wildman–Crippen MR) is 103 cm³/mol. The Morgan fingerprint density at radius 1 is 1.10 bits per heavy atom. The Morgan fingerprint density at radius 2 is 1.93 bits per heavy atom. The first kappa shape index (κ1) is 20.0. The van der Waals surface area contributed by atoms with Gasteiger partial charge in [-0.2, -0.15) is 0 Å². The normalized spacial score (nSPS) is 22.7. The smallest absolute Gasteiger partial charge is 0.230 e. The van der Waals surface area contributed by atoms with Gasteiger partial charge in [0.2, 0.25) is 5.91 Å². The summed E-state index contributed by atoms with van der Waals surface area (Å²) in [7, 11) is 1.63. The number of likely N-dealkylation sites (tertiary alicyclic amines) is 2. The van der Waals surface area contributed by atoms with E-state index in [-0.39, 0.29) is 18.0 Å². The van der Waals surface area contributed by atoms with Crippen molar-refractivity contribution in [2.45, 2.75) is 39.0 Å². The maximum Gasteiger partial charge on any atom is 0.230 e. The number of hydrogen-bond donors (Lipinski definition) is 0. The van der Waals surface area contributed by atoms with Crippen LogP contribution in [-0.2, 0) is 29.2 Å². The molecular weight excluding hydrogens is 378 g/mol. The third kappa shape index (κ3) is 4.07. The van der Waals surface area contributed by atoms with Crippen molar-refractivity contribution in [3.05, 3.63) is 59.1 Å². The summed E-state index contributed by atoms with van der Waals surface area (Å²) >= 11 is 0. The SMILES string of the molecule is COCc1ccc(CN2CC[C@]3(CCCN(Cc4cccc(F)c4F)C3=O)C2)o1. The van der Waals surface area contributed by atoms with Crippen molar-refractivity contribution in [1.29, 1.82) is 0 Å². The number of piperidine rings is 1. The number of benzene rings is 1. The third-order valence-electron chi connectivity index (χ3n) is 6.03. The second-order valence-corrected chi connectivity index (χ2v) is 8.09. The quantitative estimate of drug-likeness (QED) is 0.736. The number of hydrogen-bond acceptors (Lipinski definition) is 4. The van der Waals surface area contributed by atoms with Crippen LogP contribution >= 0.6 is 0 Å². The Morgan fingerprint density at radius 3 is 2.76 bits per heavy atom. The van der Waals surface area contributed by atoms with Crippen LogP contribution < -0.4 is 0 Å². The number of nitrogens with zero attached hydrogens (tertiary/aromatic N) is 2. The van der Waals surface area contributed by atoms with Crippen LogP contribution in [0, 0.1) is 17.0 Å². The molecule has 3 heterocycles. The molecule has 0 saturated carbocycles. The van der Waals surface area contributed by atoms with Crippen molar-refractivity contribution >= 4 is 5.91 Å². The van der Waals surface area contributed by atoms with E-state index in [0.717, 1.165) is 43.4 Å². The average Bonchev–Trinajstić information content (AvgIpc) is 3.31. The van der Waals surface area contributed by atoms with Crippen LogP contribution in [0.25, 0.3) is 0 Å². The lowest BCUT2D eigenvalue weighted by molar-refractivity contribution is -0.146. The molecule has 2 aliphatic heterocycles. The molecule has 4 rings (SSSR count). The van der Waals surface area contributed by atoms with E-state index >= 15 is 0 Å². The monoisotopic (exact) mass is 404 g/mol. The van der Waals surface area contributed by atoms with Crippen molar-refractivity contribution in [2.75, 3.05) is 26.7 Å². The first-order chi connectivity index (χ1) is 14.0. The molecule has 0 aliphatic carbocycles. The van der Waals surface area contributed by atoms with Gasteiger partial charge in [-0.25, -0.2) is 8.78 Å². The number of ether oxygens (including phenoxy) is 1. The molecule has 0 N–H and O–H groups in total. The number of rotatable bonds is 6. The first-order valence-electron chi connectivity index (χ1n) is 10.0. The summed E-state index contributed by atoms with van der Waals surface area (Å²) in [6, 6.07) is 7.98. The second kappa shape index (κ2) is 8.24. The van der Waals surface area contributed by atoms with E-state index in [9.17, 15) is 13.6 Å². The van der Waals surface area contributed by atoms with E-state index in [1.165, 1.54) is 6.07 Å². The van der Waals surface area contributed by atoms with Crippen molar-refractivity contribution in [1.82, 2.24) is 9.80 Å². The predicted octanol–water partition coefficient (Wildman–Crippen LogP) is 3.72.